The molecule has 0 saturated heterocycles. The Bertz CT molecular complexity index is 955. The van der Waals surface area contributed by atoms with Gasteiger partial charge in [-0.1, -0.05) is 17.3 Å². The highest BCUT2D eigenvalue weighted by atomic mass is 16.5. The summed E-state index contributed by atoms with van der Waals surface area (Å²) < 4.78 is 13.0. The number of anilines is 1. The van der Waals surface area contributed by atoms with Gasteiger partial charge in [0.25, 0.3) is 0 Å². The van der Waals surface area contributed by atoms with Gasteiger partial charge in [0, 0.05) is 39.0 Å². The number of aliphatic hydroxyl groups excluding tert-OH is 1. The fourth-order valence-electron chi connectivity index (χ4n) is 3.91. The number of aliphatic hydroxyl groups is 1. The van der Waals surface area contributed by atoms with Crippen LogP contribution >= 0.6 is 0 Å². The van der Waals surface area contributed by atoms with Crippen LogP contribution in [0.1, 0.15) is 43.8 Å². The van der Waals surface area contributed by atoms with E-state index in [1.165, 1.54) is 4.90 Å². The van der Waals surface area contributed by atoms with Crippen molar-refractivity contribution in [3.63, 3.8) is 0 Å². The molecule has 1 aliphatic heterocycles. The molecule has 0 spiro atoms. The molecule has 3 heterocycles. The molecule has 188 valence electrons. The lowest BCUT2D eigenvalue weighted by Crippen LogP contribution is -2.48. The normalized spacial score (nSPS) is 20.8. The first-order chi connectivity index (χ1) is 16.2. The number of likely N-dealkylation sites (N-methyl/N-ethyl adjacent to an activating group) is 1. The number of amides is 3. The molecule has 0 fully saturated rings. The molecule has 12 heteroatoms. The first kappa shape index (κ1) is 25.6. The van der Waals surface area contributed by atoms with Crippen molar-refractivity contribution in [2.75, 3.05) is 32.1 Å². The third-order valence-electron chi connectivity index (χ3n) is 6.11. The van der Waals surface area contributed by atoms with Crippen molar-refractivity contribution in [2.24, 2.45) is 5.92 Å². The van der Waals surface area contributed by atoms with Crippen molar-refractivity contribution in [1.29, 1.82) is 0 Å². The van der Waals surface area contributed by atoms with Crippen LogP contribution in [0.4, 0.5) is 10.5 Å². The summed E-state index contributed by atoms with van der Waals surface area (Å²) in [5.74, 6) is 0.375. The second-order valence-electron chi connectivity index (χ2n) is 8.99. The Morgan fingerprint density at radius 1 is 1.41 bits per heavy atom. The van der Waals surface area contributed by atoms with Gasteiger partial charge in [-0.05, 0) is 27.2 Å². The zero-order valence-corrected chi connectivity index (χ0v) is 20.5. The quantitative estimate of drug-likeness (QED) is 0.662. The van der Waals surface area contributed by atoms with E-state index in [0.29, 0.717) is 48.8 Å². The highest BCUT2D eigenvalue weighted by Crippen LogP contribution is 2.20. The van der Waals surface area contributed by atoms with Gasteiger partial charge in [-0.25, -0.2) is 4.79 Å². The van der Waals surface area contributed by atoms with E-state index in [0.717, 1.165) is 0 Å². The molecule has 3 atom stereocenters. The maximum Gasteiger partial charge on any atom is 0.321 e. The number of aryl methyl sites for hydroxylation is 3. The Labute approximate surface area is 199 Å². The van der Waals surface area contributed by atoms with E-state index >= 15 is 0 Å². The van der Waals surface area contributed by atoms with Crippen molar-refractivity contribution in [3.05, 3.63) is 23.3 Å². The molecule has 3 amide bonds. The zero-order chi connectivity index (χ0) is 24.8. The molecule has 12 nitrogen and oxygen atoms in total. The summed E-state index contributed by atoms with van der Waals surface area (Å²) >= 11 is 0. The number of nitrogens with one attached hydrogen (secondary N) is 1. The van der Waals surface area contributed by atoms with E-state index in [-0.39, 0.29) is 43.7 Å². The van der Waals surface area contributed by atoms with Gasteiger partial charge in [-0.15, -0.1) is 5.10 Å². The Balaban J connectivity index is 1.77. The van der Waals surface area contributed by atoms with Gasteiger partial charge < -0.3 is 29.5 Å². The highest BCUT2D eigenvalue weighted by molar-refractivity contribution is 5.90. The van der Waals surface area contributed by atoms with Gasteiger partial charge >= 0.3 is 6.03 Å². The summed E-state index contributed by atoms with van der Waals surface area (Å²) in [6.45, 7) is 8.65. The molecule has 0 saturated carbocycles. The Morgan fingerprint density at radius 3 is 2.85 bits per heavy atom. The van der Waals surface area contributed by atoms with Gasteiger partial charge in [0.05, 0.1) is 31.6 Å². The van der Waals surface area contributed by atoms with Gasteiger partial charge in [0.1, 0.15) is 17.1 Å². The second-order valence-corrected chi connectivity index (χ2v) is 8.99. The fraction of sp³-hybridized carbons (Fsp3) is 0.682. The molecule has 2 aromatic heterocycles. The third-order valence-corrected chi connectivity index (χ3v) is 6.11. The lowest BCUT2D eigenvalue weighted by Gasteiger charge is -2.35. The van der Waals surface area contributed by atoms with E-state index in [4.69, 9.17) is 9.26 Å². The molecule has 34 heavy (non-hydrogen) atoms. The van der Waals surface area contributed by atoms with Crippen LogP contribution < -0.4 is 5.32 Å². The first-order valence-corrected chi connectivity index (χ1v) is 11.6. The molecular weight excluding hydrogens is 442 g/mol. The minimum atomic E-state index is -0.396. The van der Waals surface area contributed by atoms with Crippen LogP contribution in [0.15, 0.2) is 10.7 Å². The van der Waals surface area contributed by atoms with Crippen LogP contribution in [0.2, 0.25) is 0 Å². The Kier molecular flexibility index (Phi) is 8.61. The Hall–Kier alpha value is -2.99. The zero-order valence-electron chi connectivity index (χ0n) is 20.5. The second kappa shape index (κ2) is 11.4. The lowest BCUT2D eigenvalue weighted by molar-refractivity contribution is -0.136. The number of rotatable bonds is 5. The standard InChI is InChI=1S/C22H35N7O5/c1-14-9-29(15(2)12-30)20(31)7-6-8-28-10-18(24-26-28)13-33-19(14)11-27(5)22(32)23-21-16(3)25-34-17(21)4/h10,14-15,19,30H,6-9,11-13H2,1-5H3,(H,23,32)/t14-,15-,19+/m0/s1. The topological polar surface area (TPSA) is 139 Å². The van der Waals surface area contributed by atoms with Crippen LogP contribution in [0, 0.1) is 19.8 Å². The highest BCUT2D eigenvalue weighted by Gasteiger charge is 2.29. The number of hydrogen-bond acceptors (Lipinski definition) is 8. The molecule has 0 radical (unpaired) electrons. The van der Waals surface area contributed by atoms with Gasteiger partial charge in [-0.2, -0.15) is 0 Å². The van der Waals surface area contributed by atoms with E-state index in [9.17, 15) is 14.7 Å². The third kappa shape index (κ3) is 6.32. The van der Waals surface area contributed by atoms with Gasteiger partial charge in [-0.3, -0.25) is 9.48 Å². The predicted molar refractivity (Wildman–Crippen MR) is 123 cm³/mol. The van der Waals surface area contributed by atoms with Crippen molar-refractivity contribution in [2.45, 2.75) is 65.8 Å². The molecule has 3 rings (SSSR count). The minimum Gasteiger partial charge on any atom is -0.394 e. The maximum atomic E-state index is 12.9. The van der Waals surface area contributed by atoms with Crippen molar-refractivity contribution in [3.8, 4) is 0 Å². The summed E-state index contributed by atoms with van der Waals surface area (Å²) in [5.41, 5.74) is 1.83. The number of fused-ring (bicyclic) bond motifs is 2. The van der Waals surface area contributed by atoms with Crippen LogP contribution in [0.25, 0.3) is 0 Å². The largest absolute Gasteiger partial charge is 0.394 e. The fourth-order valence-corrected chi connectivity index (χ4v) is 3.91. The average molecular weight is 478 g/mol. The predicted octanol–water partition coefficient (Wildman–Crippen LogP) is 1.57. The summed E-state index contributed by atoms with van der Waals surface area (Å²) in [4.78, 5) is 29.0. The number of ether oxygens (including phenoxy) is 1. The van der Waals surface area contributed by atoms with Gasteiger partial charge in [0.15, 0.2) is 5.76 Å². The van der Waals surface area contributed by atoms with Crippen LogP contribution in [-0.4, -0.2) is 85.9 Å². The number of urea groups is 1. The molecule has 0 aliphatic carbocycles. The summed E-state index contributed by atoms with van der Waals surface area (Å²) in [6.07, 6.45) is 2.39. The van der Waals surface area contributed by atoms with Crippen molar-refractivity contribution < 1.29 is 24.0 Å². The summed E-state index contributed by atoms with van der Waals surface area (Å²) in [7, 11) is 1.68. The minimum absolute atomic E-state index is 0.0313. The average Bonchev–Trinajstić information content (AvgIpc) is 3.40. The van der Waals surface area contributed by atoms with Crippen molar-refractivity contribution >= 4 is 17.6 Å². The van der Waals surface area contributed by atoms with E-state index in [1.807, 2.05) is 20.0 Å². The van der Waals surface area contributed by atoms with Crippen LogP contribution in [-0.2, 0) is 22.7 Å². The summed E-state index contributed by atoms with van der Waals surface area (Å²) in [6, 6.07) is -0.644. The molecule has 2 bridgehead atoms. The molecule has 2 aromatic rings. The van der Waals surface area contributed by atoms with E-state index < -0.39 is 6.10 Å². The molecule has 1 aliphatic rings. The SMILES string of the molecule is Cc1noc(C)c1NC(=O)N(C)C[C@H]1OCc2cn(nn2)CCCC(=O)N([C@@H](C)CO)C[C@@H]1C. The number of hydrogen-bond donors (Lipinski definition) is 2. The number of aromatic nitrogens is 4. The van der Waals surface area contributed by atoms with Crippen molar-refractivity contribution in [1.82, 2.24) is 30.0 Å². The molecule has 0 unspecified atom stereocenters. The summed E-state index contributed by atoms with van der Waals surface area (Å²) in [5, 5.41) is 24.7. The number of carbonyl (C=O) groups is 2. The van der Waals surface area contributed by atoms with Crippen LogP contribution in [0.5, 0.6) is 0 Å². The van der Waals surface area contributed by atoms with E-state index in [2.05, 4.69) is 20.8 Å². The van der Waals surface area contributed by atoms with E-state index in [1.54, 1.807) is 30.5 Å². The molecular formula is C22H35N7O5. The Morgan fingerprint density at radius 2 is 2.18 bits per heavy atom. The molecule has 2 N–H and O–H groups in total. The lowest BCUT2D eigenvalue weighted by atomic mass is 10.0. The van der Waals surface area contributed by atoms with Crippen LogP contribution in [0.3, 0.4) is 0 Å². The maximum absolute atomic E-state index is 12.9. The van der Waals surface area contributed by atoms with Gasteiger partial charge in [0.2, 0.25) is 5.91 Å². The number of carbonyl (C=O) groups excluding carboxylic acids is 2. The monoisotopic (exact) mass is 477 g/mol. The number of nitrogens with zero attached hydrogens (tertiary/aromatic N) is 6. The smallest absolute Gasteiger partial charge is 0.321 e. The molecule has 0 aromatic carbocycles. The first-order valence-electron chi connectivity index (χ1n) is 11.6.